The van der Waals surface area contributed by atoms with Gasteiger partial charge >= 0.3 is 5.97 Å². The molecule has 1 aromatic rings. The van der Waals surface area contributed by atoms with Gasteiger partial charge < -0.3 is 10.5 Å². The molecule has 0 aliphatic carbocycles. The van der Waals surface area contributed by atoms with Crippen molar-refractivity contribution in [2.24, 2.45) is 11.7 Å². The van der Waals surface area contributed by atoms with Gasteiger partial charge in [-0.2, -0.15) is 4.31 Å². The van der Waals surface area contributed by atoms with Crippen LogP contribution in [-0.4, -0.2) is 45.4 Å². The van der Waals surface area contributed by atoms with E-state index in [9.17, 15) is 13.2 Å². The van der Waals surface area contributed by atoms with Gasteiger partial charge in [0.2, 0.25) is 10.0 Å². The molecule has 0 bridgehead atoms. The second-order valence-corrected chi connectivity index (χ2v) is 7.23. The van der Waals surface area contributed by atoms with Crippen LogP contribution < -0.4 is 5.73 Å². The second-order valence-electron chi connectivity index (χ2n) is 4.89. The maximum Gasteiger partial charge on any atom is 0.339 e. The summed E-state index contributed by atoms with van der Waals surface area (Å²) in [4.78, 5) is 11.7. The van der Waals surface area contributed by atoms with E-state index in [0.717, 1.165) is 6.42 Å². The molecule has 0 aromatic heterocycles. The Kier molecular flexibility index (Phi) is 4.88. The molecule has 1 heterocycles. The molecule has 0 amide bonds. The predicted octanol–water partition coefficient (Wildman–Crippen LogP) is 1.10. The second kappa shape index (κ2) is 6.31. The predicted molar refractivity (Wildman–Crippen MR) is 78.7 cm³/mol. The van der Waals surface area contributed by atoms with Gasteiger partial charge in [0.05, 0.1) is 17.6 Å². The molecule has 1 aliphatic rings. The normalized spacial score (nSPS) is 19.7. The summed E-state index contributed by atoms with van der Waals surface area (Å²) < 4.78 is 31.3. The van der Waals surface area contributed by atoms with E-state index >= 15 is 0 Å². The highest BCUT2D eigenvalue weighted by atomic mass is 35.5. The van der Waals surface area contributed by atoms with Crippen LogP contribution >= 0.6 is 11.6 Å². The van der Waals surface area contributed by atoms with Gasteiger partial charge in [-0.3, -0.25) is 0 Å². The third-order valence-corrected chi connectivity index (χ3v) is 5.71. The summed E-state index contributed by atoms with van der Waals surface area (Å²) in [5.74, 6) is -0.584. The molecule has 21 heavy (non-hydrogen) atoms. The number of esters is 1. The summed E-state index contributed by atoms with van der Waals surface area (Å²) in [6.45, 7) is 1.20. The Morgan fingerprint density at radius 1 is 1.52 bits per heavy atom. The van der Waals surface area contributed by atoms with Gasteiger partial charge in [0.25, 0.3) is 0 Å². The molecule has 116 valence electrons. The molecule has 2 N–H and O–H groups in total. The molecule has 1 atom stereocenters. The van der Waals surface area contributed by atoms with Crippen molar-refractivity contribution >= 4 is 27.6 Å². The molecule has 2 rings (SSSR count). The number of methoxy groups -OCH3 is 1. The lowest BCUT2D eigenvalue weighted by Gasteiger charge is -2.18. The van der Waals surface area contributed by atoms with E-state index in [4.69, 9.17) is 17.3 Å². The van der Waals surface area contributed by atoms with Gasteiger partial charge in [-0.15, -0.1) is 0 Å². The number of ether oxygens (including phenoxy) is 1. The van der Waals surface area contributed by atoms with Crippen LogP contribution in [0.1, 0.15) is 16.8 Å². The van der Waals surface area contributed by atoms with Crippen molar-refractivity contribution in [1.29, 1.82) is 0 Å². The number of hydrogen-bond acceptors (Lipinski definition) is 5. The Hall–Kier alpha value is -1.15. The lowest BCUT2D eigenvalue weighted by Crippen LogP contribution is -2.31. The molecular weight excluding hydrogens is 316 g/mol. The average molecular weight is 333 g/mol. The van der Waals surface area contributed by atoms with Gasteiger partial charge in [0, 0.05) is 18.1 Å². The van der Waals surface area contributed by atoms with Crippen LogP contribution in [0.15, 0.2) is 23.1 Å². The number of hydrogen-bond donors (Lipinski definition) is 1. The molecule has 0 radical (unpaired) electrons. The van der Waals surface area contributed by atoms with Crippen LogP contribution in [-0.2, 0) is 14.8 Å². The summed E-state index contributed by atoms with van der Waals surface area (Å²) in [5, 5.41) is 0.274. The molecule has 8 heteroatoms. The van der Waals surface area contributed by atoms with E-state index in [2.05, 4.69) is 4.74 Å². The molecule has 1 saturated heterocycles. The molecule has 1 fully saturated rings. The SMILES string of the molecule is COC(=O)c1cc(Cl)ccc1S(=O)(=O)N1CCC(CN)C1. The first kappa shape index (κ1) is 16.2. The minimum absolute atomic E-state index is 0.0544. The Labute approximate surface area is 128 Å². The number of carbonyl (C=O) groups excluding carboxylic acids is 1. The quantitative estimate of drug-likeness (QED) is 0.834. The van der Waals surface area contributed by atoms with Crippen LogP contribution in [0.3, 0.4) is 0 Å². The smallest absolute Gasteiger partial charge is 0.339 e. The maximum absolute atomic E-state index is 12.7. The number of carbonyl (C=O) groups is 1. The number of sulfonamides is 1. The van der Waals surface area contributed by atoms with Crippen LogP contribution in [0.25, 0.3) is 0 Å². The Morgan fingerprint density at radius 2 is 2.24 bits per heavy atom. The summed E-state index contributed by atoms with van der Waals surface area (Å²) in [6.07, 6.45) is 0.719. The first-order valence-electron chi connectivity index (χ1n) is 6.48. The van der Waals surface area contributed by atoms with Gasteiger partial charge in [0.1, 0.15) is 0 Å². The molecule has 1 unspecified atom stereocenters. The molecule has 0 saturated carbocycles. The fourth-order valence-electron chi connectivity index (χ4n) is 2.34. The fourth-order valence-corrected chi connectivity index (χ4v) is 4.21. The average Bonchev–Trinajstić information content (AvgIpc) is 2.95. The summed E-state index contributed by atoms with van der Waals surface area (Å²) in [7, 11) is -2.57. The fraction of sp³-hybridized carbons (Fsp3) is 0.462. The van der Waals surface area contributed by atoms with Gasteiger partial charge in [-0.1, -0.05) is 11.6 Å². The van der Waals surface area contributed by atoms with Crippen molar-refractivity contribution < 1.29 is 17.9 Å². The molecule has 6 nitrogen and oxygen atoms in total. The van der Waals surface area contributed by atoms with Crippen LogP contribution in [0, 0.1) is 5.92 Å². The van der Waals surface area contributed by atoms with E-state index in [0.29, 0.717) is 19.6 Å². The van der Waals surface area contributed by atoms with Gasteiger partial charge in [0.15, 0.2) is 0 Å². The lowest BCUT2D eigenvalue weighted by atomic mass is 10.1. The number of nitrogens with two attached hydrogens (primary N) is 1. The van der Waals surface area contributed by atoms with Crippen LogP contribution in [0.5, 0.6) is 0 Å². The number of nitrogens with zero attached hydrogens (tertiary/aromatic N) is 1. The monoisotopic (exact) mass is 332 g/mol. The van der Waals surface area contributed by atoms with Crippen molar-refractivity contribution in [3.05, 3.63) is 28.8 Å². The molecule has 1 aliphatic heterocycles. The van der Waals surface area contributed by atoms with E-state index in [1.54, 1.807) is 0 Å². The zero-order valence-electron chi connectivity index (χ0n) is 11.6. The minimum atomic E-state index is -3.77. The van der Waals surface area contributed by atoms with Gasteiger partial charge in [-0.25, -0.2) is 13.2 Å². The van der Waals surface area contributed by atoms with Crippen molar-refractivity contribution in [3.8, 4) is 0 Å². The molecular formula is C13H17ClN2O4S. The third-order valence-electron chi connectivity index (χ3n) is 3.55. The van der Waals surface area contributed by atoms with Crippen molar-refractivity contribution in [2.75, 3.05) is 26.7 Å². The number of benzene rings is 1. The summed E-state index contributed by atoms with van der Waals surface area (Å²) >= 11 is 5.84. The zero-order valence-corrected chi connectivity index (χ0v) is 13.2. The van der Waals surface area contributed by atoms with E-state index in [1.807, 2.05) is 0 Å². The standard InChI is InChI=1S/C13H17ClN2O4S/c1-20-13(17)11-6-10(14)2-3-12(11)21(18,19)16-5-4-9(7-15)8-16/h2-3,6,9H,4-5,7-8,15H2,1H3. The van der Waals surface area contributed by atoms with E-state index in [1.165, 1.54) is 29.6 Å². The van der Waals surface area contributed by atoms with Gasteiger partial charge in [-0.05, 0) is 37.1 Å². The minimum Gasteiger partial charge on any atom is -0.465 e. The van der Waals surface area contributed by atoms with Crippen molar-refractivity contribution in [3.63, 3.8) is 0 Å². The topological polar surface area (TPSA) is 89.7 Å². The first-order chi connectivity index (χ1) is 9.90. The highest BCUT2D eigenvalue weighted by Gasteiger charge is 2.34. The van der Waals surface area contributed by atoms with E-state index < -0.39 is 16.0 Å². The Morgan fingerprint density at radius 3 is 2.81 bits per heavy atom. The largest absolute Gasteiger partial charge is 0.465 e. The Balaban J connectivity index is 2.43. The highest BCUT2D eigenvalue weighted by Crippen LogP contribution is 2.28. The third kappa shape index (κ3) is 3.21. The number of rotatable bonds is 4. The van der Waals surface area contributed by atoms with Crippen LogP contribution in [0.4, 0.5) is 0 Å². The van der Waals surface area contributed by atoms with Crippen molar-refractivity contribution in [1.82, 2.24) is 4.31 Å². The van der Waals surface area contributed by atoms with Crippen molar-refractivity contribution in [2.45, 2.75) is 11.3 Å². The highest BCUT2D eigenvalue weighted by molar-refractivity contribution is 7.89. The number of halogens is 1. The maximum atomic E-state index is 12.7. The first-order valence-corrected chi connectivity index (χ1v) is 8.30. The Bertz CT molecular complexity index is 648. The molecule has 1 aromatic carbocycles. The summed E-state index contributed by atoms with van der Waals surface area (Å²) in [6, 6.07) is 4.08. The molecule has 0 spiro atoms. The van der Waals surface area contributed by atoms with E-state index in [-0.39, 0.29) is 21.4 Å². The summed E-state index contributed by atoms with van der Waals surface area (Å²) in [5.41, 5.74) is 5.53. The lowest BCUT2D eigenvalue weighted by molar-refractivity contribution is 0.0596. The zero-order chi connectivity index (χ0) is 15.6. The van der Waals surface area contributed by atoms with Crippen LogP contribution in [0.2, 0.25) is 5.02 Å².